The maximum atomic E-state index is 5.89. The normalized spacial score (nSPS) is 13.3. The maximum Gasteiger partial charge on any atom is 0.151 e. The Balaban J connectivity index is 2.23. The first-order valence-electron chi connectivity index (χ1n) is 4.59. The molecule has 0 unspecified atom stereocenters. The zero-order valence-electron chi connectivity index (χ0n) is 8.24. The van der Waals surface area contributed by atoms with Crippen molar-refractivity contribution >= 4 is 44.9 Å². The van der Waals surface area contributed by atoms with Crippen LogP contribution in [0.1, 0.15) is 6.92 Å². The van der Waals surface area contributed by atoms with E-state index in [9.17, 15) is 0 Å². The summed E-state index contributed by atoms with van der Waals surface area (Å²) in [6.45, 7) is 2.00. The molecule has 80 valence electrons. The Kier molecular flexibility index (Phi) is 3.51. The van der Waals surface area contributed by atoms with Gasteiger partial charge >= 0.3 is 0 Å². The number of hydrogen-bond acceptors (Lipinski definition) is 4. The van der Waals surface area contributed by atoms with Crippen LogP contribution in [0.5, 0.6) is 0 Å². The van der Waals surface area contributed by atoms with Crippen LogP contribution in [0.3, 0.4) is 0 Å². The van der Waals surface area contributed by atoms with Gasteiger partial charge in [0.2, 0.25) is 0 Å². The van der Waals surface area contributed by atoms with E-state index in [1.807, 2.05) is 25.1 Å². The molecule has 0 saturated carbocycles. The smallest absolute Gasteiger partial charge is 0.151 e. The van der Waals surface area contributed by atoms with E-state index >= 15 is 0 Å². The van der Waals surface area contributed by atoms with Crippen molar-refractivity contribution in [3.05, 3.63) is 23.2 Å². The Labute approximate surface area is 102 Å². The predicted molar refractivity (Wildman–Crippen MR) is 69.0 cm³/mol. The molecule has 1 aromatic carbocycles. The van der Waals surface area contributed by atoms with Crippen LogP contribution in [0, 0.1) is 0 Å². The van der Waals surface area contributed by atoms with Crippen molar-refractivity contribution in [3.63, 3.8) is 0 Å². The number of hydrogen-bond donors (Lipinski definition) is 1. The fourth-order valence-electron chi connectivity index (χ4n) is 1.14. The number of nitrogens with zero attached hydrogens (tertiary/aromatic N) is 1. The van der Waals surface area contributed by atoms with Crippen molar-refractivity contribution in [1.82, 2.24) is 4.98 Å². The van der Waals surface area contributed by atoms with Gasteiger partial charge in [-0.25, -0.2) is 4.98 Å². The lowest BCUT2D eigenvalue weighted by Gasteiger charge is -1.99. The van der Waals surface area contributed by atoms with E-state index in [2.05, 4.69) is 4.98 Å². The highest BCUT2D eigenvalue weighted by Crippen LogP contribution is 2.30. The molecule has 1 heterocycles. The van der Waals surface area contributed by atoms with Crippen molar-refractivity contribution in [2.45, 2.75) is 17.3 Å². The summed E-state index contributed by atoms with van der Waals surface area (Å²) in [4.78, 5) is 4.49. The van der Waals surface area contributed by atoms with Gasteiger partial charge < -0.3 is 5.73 Å². The molecule has 2 nitrogen and oxygen atoms in total. The number of nitrogens with two attached hydrogens (primary N) is 1. The average Bonchev–Trinajstić information content (AvgIpc) is 2.56. The van der Waals surface area contributed by atoms with Crippen molar-refractivity contribution < 1.29 is 0 Å². The van der Waals surface area contributed by atoms with Crippen LogP contribution in [0.2, 0.25) is 5.02 Å². The predicted octanol–water partition coefficient (Wildman–Crippen LogP) is 3.39. The van der Waals surface area contributed by atoms with Gasteiger partial charge in [-0.05, 0) is 25.1 Å². The summed E-state index contributed by atoms with van der Waals surface area (Å²) in [5.41, 5.74) is 6.67. The molecule has 0 bridgehead atoms. The summed E-state index contributed by atoms with van der Waals surface area (Å²) in [5.74, 6) is 0.896. The molecule has 2 aromatic rings. The highest BCUT2D eigenvalue weighted by Gasteiger charge is 2.05. The van der Waals surface area contributed by atoms with Crippen LogP contribution < -0.4 is 5.73 Å². The summed E-state index contributed by atoms with van der Waals surface area (Å²) < 4.78 is 2.23. The first-order chi connectivity index (χ1) is 7.15. The van der Waals surface area contributed by atoms with Crippen molar-refractivity contribution in [1.29, 1.82) is 0 Å². The summed E-state index contributed by atoms with van der Waals surface area (Å²) in [7, 11) is 0. The zero-order chi connectivity index (χ0) is 10.8. The lowest BCUT2D eigenvalue weighted by molar-refractivity contribution is 0.847. The third kappa shape index (κ3) is 2.84. The molecule has 0 radical (unpaired) electrons. The molecule has 2 rings (SSSR count). The van der Waals surface area contributed by atoms with Crippen LogP contribution in [0.15, 0.2) is 22.5 Å². The van der Waals surface area contributed by atoms with E-state index in [0.717, 1.165) is 20.6 Å². The fourth-order valence-corrected chi connectivity index (χ4v) is 3.27. The average molecular weight is 259 g/mol. The zero-order valence-corrected chi connectivity index (χ0v) is 10.6. The van der Waals surface area contributed by atoms with E-state index in [-0.39, 0.29) is 6.04 Å². The second kappa shape index (κ2) is 4.70. The minimum absolute atomic E-state index is 0.200. The molecule has 0 aliphatic heterocycles. The van der Waals surface area contributed by atoms with Gasteiger partial charge in [0.1, 0.15) is 0 Å². The van der Waals surface area contributed by atoms with Gasteiger partial charge in [0.15, 0.2) is 4.34 Å². The van der Waals surface area contributed by atoms with Crippen LogP contribution in [-0.4, -0.2) is 16.8 Å². The second-order valence-electron chi connectivity index (χ2n) is 3.38. The van der Waals surface area contributed by atoms with Gasteiger partial charge in [-0.1, -0.05) is 23.4 Å². The van der Waals surface area contributed by atoms with Gasteiger partial charge in [-0.2, -0.15) is 0 Å². The highest BCUT2D eigenvalue weighted by molar-refractivity contribution is 8.01. The van der Waals surface area contributed by atoms with Gasteiger partial charge in [-0.15, -0.1) is 11.3 Å². The van der Waals surface area contributed by atoms with Gasteiger partial charge in [0.05, 0.1) is 10.2 Å². The number of thioether (sulfide) groups is 1. The minimum atomic E-state index is 0.200. The molecule has 0 aliphatic rings. The van der Waals surface area contributed by atoms with Gasteiger partial charge in [0, 0.05) is 16.8 Å². The van der Waals surface area contributed by atoms with E-state index in [4.69, 9.17) is 17.3 Å². The van der Waals surface area contributed by atoms with E-state index in [1.165, 1.54) is 4.70 Å². The van der Waals surface area contributed by atoms with Gasteiger partial charge in [-0.3, -0.25) is 0 Å². The Morgan fingerprint density at radius 1 is 1.60 bits per heavy atom. The maximum absolute atomic E-state index is 5.89. The molecule has 0 spiro atoms. The lowest BCUT2D eigenvalue weighted by atomic mass is 10.3. The number of thiazole rings is 1. The third-order valence-electron chi connectivity index (χ3n) is 1.80. The molecule has 2 N–H and O–H groups in total. The number of benzene rings is 1. The van der Waals surface area contributed by atoms with Crippen molar-refractivity contribution in [2.75, 3.05) is 5.75 Å². The Morgan fingerprint density at radius 2 is 2.40 bits per heavy atom. The molecule has 0 amide bonds. The number of aromatic nitrogens is 1. The Hall–Kier alpha value is -0.290. The largest absolute Gasteiger partial charge is 0.327 e. The molecule has 0 saturated heterocycles. The molecule has 0 aliphatic carbocycles. The van der Waals surface area contributed by atoms with Crippen LogP contribution in [-0.2, 0) is 0 Å². The van der Waals surface area contributed by atoms with E-state index < -0.39 is 0 Å². The number of halogens is 1. The SMILES string of the molecule is C[C@@H](N)CSc1nc2cc(Cl)ccc2s1. The Morgan fingerprint density at radius 3 is 3.13 bits per heavy atom. The summed E-state index contributed by atoms with van der Waals surface area (Å²) in [5, 5.41) is 0.733. The monoisotopic (exact) mass is 258 g/mol. The van der Waals surface area contributed by atoms with Crippen molar-refractivity contribution in [3.8, 4) is 0 Å². The molecule has 15 heavy (non-hydrogen) atoms. The molecule has 1 atom stereocenters. The van der Waals surface area contributed by atoms with Crippen LogP contribution in [0.25, 0.3) is 10.2 Å². The van der Waals surface area contributed by atoms with E-state index in [0.29, 0.717) is 0 Å². The topological polar surface area (TPSA) is 38.9 Å². The fraction of sp³-hybridized carbons (Fsp3) is 0.300. The summed E-state index contributed by atoms with van der Waals surface area (Å²) >= 11 is 9.28. The standard InChI is InChI=1S/C10H11ClN2S2/c1-6(12)5-14-10-13-8-4-7(11)2-3-9(8)15-10/h2-4,6H,5,12H2,1H3/t6-/m1/s1. The summed E-state index contributed by atoms with van der Waals surface area (Å²) in [6, 6.07) is 5.99. The first kappa shape index (κ1) is 11.2. The Bertz CT molecular complexity index is 467. The molecule has 5 heteroatoms. The molecular weight excluding hydrogens is 248 g/mol. The quantitative estimate of drug-likeness (QED) is 0.858. The van der Waals surface area contributed by atoms with E-state index in [1.54, 1.807) is 23.1 Å². The highest BCUT2D eigenvalue weighted by atomic mass is 35.5. The van der Waals surface area contributed by atoms with Gasteiger partial charge in [0.25, 0.3) is 0 Å². The second-order valence-corrected chi connectivity index (χ2v) is 6.11. The third-order valence-corrected chi connectivity index (χ3v) is 4.50. The molecule has 0 fully saturated rings. The first-order valence-corrected chi connectivity index (χ1v) is 6.77. The number of rotatable bonds is 3. The lowest BCUT2D eigenvalue weighted by Crippen LogP contribution is -2.17. The molecular formula is C10H11ClN2S2. The van der Waals surface area contributed by atoms with Crippen LogP contribution >= 0.6 is 34.7 Å². The summed E-state index contributed by atoms with van der Waals surface area (Å²) in [6.07, 6.45) is 0. The molecule has 1 aromatic heterocycles. The number of fused-ring (bicyclic) bond motifs is 1. The minimum Gasteiger partial charge on any atom is -0.327 e. The van der Waals surface area contributed by atoms with Crippen LogP contribution in [0.4, 0.5) is 0 Å². The van der Waals surface area contributed by atoms with Crippen molar-refractivity contribution in [2.24, 2.45) is 5.73 Å².